The van der Waals surface area contributed by atoms with Crippen LogP contribution in [-0.2, 0) is 14.3 Å². The summed E-state index contributed by atoms with van der Waals surface area (Å²) in [6, 6.07) is 15.2. The first-order chi connectivity index (χ1) is 13.0. The lowest BCUT2D eigenvalue weighted by Crippen LogP contribution is -2.35. The molecular weight excluding hydrogens is 368 g/mol. The summed E-state index contributed by atoms with van der Waals surface area (Å²) in [4.78, 5) is 39.9. The first kappa shape index (κ1) is 18.7. The van der Waals surface area contributed by atoms with Crippen molar-refractivity contribution in [1.29, 1.82) is 0 Å². The lowest BCUT2D eigenvalue weighted by Gasteiger charge is -2.24. The quantitative estimate of drug-likeness (QED) is 0.584. The van der Waals surface area contributed by atoms with Gasteiger partial charge in [0, 0.05) is 12.2 Å². The van der Waals surface area contributed by atoms with Crippen LogP contribution >= 0.6 is 11.6 Å². The molecule has 0 radical (unpaired) electrons. The summed E-state index contributed by atoms with van der Waals surface area (Å²) >= 11 is 6.25. The van der Waals surface area contributed by atoms with Gasteiger partial charge in [0.2, 0.25) is 0 Å². The van der Waals surface area contributed by atoms with Crippen molar-refractivity contribution in [3.05, 3.63) is 70.9 Å². The van der Waals surface area contributed by atoms with E-state index in [4.69, 9.17) is 11.6 Å². The van der Waals surface area contributed by atoms with Gasteiger partial charge < -0.3 is 9.64 Å². The van der Waals surface area contributed by atoms with E-state index in [1.54, 1.807) is 4.90 Å². The summed E-state index contributed by atoms with van der Waals surface area (Å²) in [7, 11) is 1.28. The highest BCUT2D eigenvalue weighted by atomic mass is 35.5. The number of ether oxygens (including phenoxy) is 1. The maximum Gasteiger partial charge on any atom is 0.337 e. The Morgan fingerprint density at radius 2 is 1.67 bits per heavy atom. The Morgan fingerprint density at radius 1 is 1.04 bits per heavy atom. The van der Waals surface area contributed by atoms with E-state index in [1.165, 1.54) is 31.4 Å². The van der Waals surface area contributed by atoms with Gasteiger partial charge in [0.15, 0.2) is 0 Å². The lowest BCUT2D eigenvalue weighted by atomic mass is 10.2. The number of imide groups is 1. The van der Waals surface area contributed by atoms with Gasteiger partial charge in [-0.25, -0.2) is 9.69 Å². The number of amides is 2. The van der Waals surface area contributed by atoms with Crippen molar-refractivity contribution in [3.8, 4) is 0 Å². The van der Waals surface area contributed by atoms with E-state index < -0.39 is 17.8 Å². The number of esters is 1. The second-order valence-corrected chi connectivity index (χ2v) is 6.10. The van der Waals surface area contributed by atoms with Gasteiger partial charge in [-0.05, 0) is 43.3 Å². The molecule has 138 valence electrons. The Morgan fingerprint density at radius 3 is 2.22 bits per heavy atom. The number of hydrogen-bond donors (Lipinski definition) is 0. The Kier molecular flexibility index (Phi) is 5.28. The molecule has 0 fully saturated rings. The molecule has 3 rings (SSSR count). The Balaban J connectivity index is 1.95. The lowest BCUT2D eigenvalue weighted by molar-refractivity contribution is -0.120. The third kappa shape index (κ3) is 3.31. The van der Waals surface area contributed by atoms with Crippen LogP contribution in [0.25, 0.3) is 0 Å². The molecule has 2 aromatic carbocycles. The second-order valence-electron chi connectivity index (χ2n) is 5.73. The molecule has 1 heterocycles. The predicted octanol–water partition coefficient (Wildman–Crippen LogP) is 3.32. The third-order valence-electron chi connectivity index (χ3n) is 4.21. The SMILES string of the molecule is CCN(C1=C(Cl)C(=O)N(c2ccc(C(=O)OC)cc2)C1=O)c1ccccc1. The van der Waals surface area contributed by atoms with Crippen LogP contribution in [0.3, 0.4) is 0 Å². The highest BCUT2D eigenvalue weighted by Gasteiger charge is 2.41. The highest BCUT2D eigenvalue weighted by Crippen LogP contribution is 2.33. The molecule has 7 heteroatoms. The van der Waals surface area contributed by atoms with Crippen molar-refractivity contribution in [3.63, 3.8) is 0 Å². The minimum absolute atomic E-state index is 0.132. The number of rotatable bonds is 5. The van der Waals surface area contributed by atoms with Crippen LogP contribution in [0.15, 0.2) is 65.3 Å². The molecule has 2 amide bonds. The van der Waals surface area contributed by atoms with E-state index in [1.807, 2.05) is 37.3 Å². The number of hydrogen-bond acceptors (Lipinski definition) is 5. The van der Waals surface area contributed by atoms with Gasteiger partial charge in [0.1, 0.15) is 10.7 Å². The molecule has 0 atom stereocenters. The number of anilines is 2. The van der Waals surface area contributed by atoms with Crippen LogP contribution in [-0.4, -0.2) is 31.4 Å². The number of carbonyl (C=O) groups is 3. The molecular formula is C20H17ClN2O4. The zero-order chi connectivity index (χ0) is 19.6. The molecule has 2 aromatic rings. The first-order valence-corrected chi connectivity index (χ1v) is 8.67. The summed E-state index contributed by atoms with van der Waals surface area (Å²) in [5.41, 5.74) is 1.54. The minimum Gasteiger partial charge on any atom is -0.465 e. The van der Waals surface area contributed by atoms with Crippen molar-refractivity contribution in [2.75, 3.05) is 23.5 Å². The van der Waals surface area contributed by atoms with Crippen LogP contribution in [0.1, 0.15) is 17.3 Å². The Hall–Kier alpha value is -3.12. The molecule has 0 bridgehead atoms. The number of carbonyl (C=O) groups excluding carboxylic acids is 3. The molecule has 0 saturated heterocycles. The van der Waals surface area contributed by atoms with E-state index in [-0.39, 0.29) is 10.7 Å². The fraction of sp³-hybridized carbons (Fsp3) is 0.150. The van der Waals surface area contributed by atoms with E-state index >= 15 is 0 Å². The summed E-state index contributed by atoms with van der Waals surface area (Å²) < 4.78 is 4.65. The molecule has 0 aromatic heterocycles. The van der Waals surface area contributed by atoms with Crippen LogP contribution in [0.5, 0.6) is 0 Å². The molecule has 0 N–H and O–H groups in total. The first-order valence-electron chi connectivity index (χ1n) is 8.29. The molecule has 1 aliphatic heterocycles. The number of likely N-dealkylation sites (N-methyl/N-ethyl adjacent to an activating group) is 1. The van der Waals surface area contributed by atoms with Crippen LogP contribution in [0.2, 0.25) is 0 Å². The maximum absolute atomic E-state index is 13.0. The van der Waals surface area contributed by atoms with Gasteiger partial charge in [0.25, 0.3) is 11.8 Å². The average molecular weight is 385 g/mol. The number of nitrogens with zero attached hydrogens (tertiary/aromatic N) is 2. The zero-order valence-corrected chi connectivity index (χ0v) is 15.6. The largest absolute Gasteiger partial charge is 0.465 e. The van der Waals surface area contributed by atoms with Crippen molar-refractivity contribution in [2.24, 2.45) is 0 Å². The van der Waals surface area contributed by atoms with E-state index in [9.17, 15) is 14.4 Å². The Labute approximate surface area is 161 Å². The fourth-order valence-electron chi connectivity index (χ4n) is 2.90. The van der Waals surface area contributed by atoms with Crippen molar-refractivity contribution < 1.29 is 19.1 Å². The van der Waals surface area contributed by atoms with Gasteiger partial charge in [0.05, 0.1) is 18.4 Å². The smallest absolute Gasteiger partial charge is 0.337 e. The van der Waals surface area contributed by atoms with Gasteiger partial charge >= 0.3 is 5.97 Å². The number of methoxy groups -OCH3 is 1. The third-order valence-corrected chi connectivity index (χ3v) is 4.55. The number of benzene rings is 2. The summed E-state index contributed by atoms with van der Waals surface area (Å²) in [5, 5.41) is -0.136. The van der Waals surface area contributed by atoms with Gasteiger partial charge in [-0.2, -0.15) is 0 Å². The molecule has 0 aliphatic carbocycles. The number of halogens is 1. The summed E-state index contributed by atoms with van der Waals surface area (Å²) in [6.07, 6.45) is 0. The monoisotopic (exact) mass is 384 g/mol. The minimum atomic E-state index is -0.600. The molecule has 0 saturated carbocycles. The fourth-order valence-corrected chi connectivity index (χ4v) is 3.17. The van der Waals surface area contributed by atoms with E-state index in [0.29, 0.717) is 17.8 Å². The van der Waals surface area contributed by atoms with Crippen molar-refractivity contribution in [1.82, 2.24) is 0 Å². The molecule has 6 nitrogen and oxygen atoms in total. The van der Waals surface area contributed by atoms with Gasteiger partial charge in [-0.15, -0.1) is 0 Å². The van der Waals surface area contributed by atoms with Crippen LogP contribution < -0.4 is 9.80 Å². The molecule has 1 aliphatic rings. The standard InChI is InChI=1S/C20H17ClN2O4/c1-3-22(14-7-5-4-6-8-14)17-16(21)18(24)23(19(17)25)15-11-9-13(10-12-15)20(26)27-2/h4-12H,3H2,1-2H3. The van der Waals surface area contributed by atoms with Crippen molar-refractivity contribution in [2.45, 2.75) is 6.92 Å². The van der Waals surface area contributed by atoms with E-state index in [0.717, 1.165) is 10.6 Å². The van der Waals surface area contributed by atoms with Gasteiger partial charge in [-0.1, -0.05) is 29.8 Å². The van der Waals surface area contributed by atoms with Crippen molar-refractivity contribution >= 4 is 40.8 Å². The van der Waals surface area contributed by atoms with Gasteiger partial charge in [-0.3, -0.25) is 9.59 Å². The molecule has 0 spiro atoms. The zero-order valence-electron chi connectivity index (χ0n) is 14.8. The second kappa shape index (κ2) is 7.63. The summed E-state index contributed by atoms with van der Waals surface area (Å²) in [6.45, 7) is 2.33. The van der Waals surface area contributed by atoms with Crippen LogP contribution in [0, 0.1) is 0 Å². The molecule has 27 heavy (non-hydrogen) atoms. The predicted molar refractivity (Wildman–Crippen MR) is 103 cm³/mol. The topological polar surface area (TPSA) is 66.9 Å². The normalized spacial score (nSPS) is 14.0. The summed E-state index contributed by atoms with van der Waals surface area (Å²) in [5.74, 6) is -1.61. The average Bonchev–Trinajstić information content (AvgIpc) is 2.92. The van der Waals surface area contributed by atoms with E-state index in [2.05, 4.69) is 4.74 Å². The van der Waals surface area contributed by atoms with Crippen LogP contribution in [0.4, 0.5) is 11.4 Å². The highest BCUT2D eigenvalue weighted by molar-refractivity contribution is 6.53. The number of para-hydroxylation sites is 1. The maximum atomic E-state index is 13.0. The Bertz CT molecular complexity index is 923. The molecule has 0 unspecified atom stereocenters.